The van der Waals surface area contributed by atoms with Gasteiger partial charge in [0.25, 0.3) is 0 Å². The summed E-state index contributed by atoms with van der Waals surface area (Å²) in [5, 5.41) is 3.36. The number of benzene rings is 1. The van der Waals surface area contributed by atoms with Gasteiger partial charge in [-0.2, -0.15) is 0 Å². The highest BCUT2D eigenvalue weighted by atomic mass is 15.3. The van der Waals surface area contributed by atoms with E-state index in [2.05, 4.69) is 37.1 Å². The zero-order chi connectivity index (χ0) is 21.9. The van der Waals surface area contributed by atoms with E-state index in [0.717, 1.165) is 54.6 Å². The van der Waals surface area contributed by atoms with E-state index in [-0.39, 0.29) is 6.04 Å². The highest BCUT2D eigenvalue weighted by Crippen LogP contribution is 2.25. The van der Waals surface area contributed by atoms with E-state index in [4.69, 9.17) is 10.7 Å². The summed E-state index contributed by atoms with van der Waals surface area (Å²) < 4.78 is 2.05. The molecule has 0 bridgehead atoms. The van der Waals surface area contributed by atoms with E-state index in [0.29, 0.717) is 12.5 Å². The standard InChI is InChI=1S/C23H27N9/c1-30-11-13-31(14-12-30)21-22-27-16-20(32(22)10-9-25-21)18-7-8-26-23(28-18)29-19(15-24)17-5-3-2-4-6-17/h2-10,16,19H,11-15,24H2,1H3,(H,26,28,29). The van der Waals surface area contributed by atoms with Crippen LogP contribution in [0.3, 0.4) is 0 Å². The number of aromatic nitrogens is 5. The van der Waals surface area contributed by atoms with Crippen LogP contribution in [0.5, 0.6) is 0 Å². The molecule has 4 aromatic rings. The van der Waals surface area contributed by atoms with Gasteiger partial charge >= 0.3 is 0 Å². The van der Waals surface area contributed by atoms with Crippen molar-refractivity contribution in [2.24, 2.45) is 5.73 Å². The van der Waals surface area contributed by atoms with E-state index >= 15 is 0 Å². The van der Waals surface area contributed by atoms with Crippen molar-refractivity contribution in [3.63, 3.8) is 0 Å². The third kappa shape index (κ3) is 4.00. The number of nitrogens with one attached hydrogen (secondary N) is 1. The van der Waals surface area contributed by atoms with Gasteiger partial charge in [-0.25, -0.2) is 19.9 Å². The Morgan fingerprint density at radius 2 is 1.81 bits per heavy atom. The van der Waals surface area contributed by atoms with Crippen molar-refractivity contribution in [3.05, 3.63) is 66.7 Å². The van der Waals surface area contributed by atoms with Gasteiger partial charge in [0.05, 0.1) is 23.6 Å². The van der Waals surface area contributed by atoms with Crippen molar-refractivity contribution < 1.29 is 0 Å². The monoisotopic (exact) mass is 429 g/mol. The predicted octanol–water partition coefficient (Wildman–Crippen LogP) is 2.05. The summed E-state index contributed by atoms with van der Waals surface area (Å²) in [6.07, 6.45) is 7.36. The fourth-order valence-electron chi connectivity index (χ4n) is 4.03. The maximum atomic E-state index is 6.01. The molecule has 32 heavy (non-hydrogen) atoms. The lowest BCUT2D eigenvalue weighted by molar-refractivity contribution is 0.312. The predicted molar refractivity (Wildman–Crippen MR) is 126 cm³/mol. The molecule has 0 saturated carbocycles. The molecule has 1 aliphatic rings. The average Bonchev–Trinajstić information content (AvgIpc) is 3.28. The normalized spacial score (nSPS) is 15.8. The summed E-state index contributed by atoms with van der Waals surface area (Å²) in [5.74, 6) is 1.44. The van der Waals surface area contributed by atoms with Crippen LogP contribution < -0.4 is 16.0 Å². The topological polar surface area (TPSA) is 100 Å². The van der Waals surface area contributed by atoms with Crippen LogP contribution in [0.25, 0.3) is 17.0 Å². The number of rotatable bonds is 6. The molecule has 3 aromatic heterocycles. The van der Waals surface area contributed by atoms with Crippen LogP contribution in [0.1, 0.15) is 11.6 Å². The minimum absolute atomic E-state index is 0.0679. The molecule has 0 aliphatic carbocycles. The first-order valence-electron chi connectivity index (χ1n) is 10.8. The van der Waals surface area contributed by atoms with Gasteiger partial charge < -0.3 is 20.9 Å². The molecule has 1 aliphatic heterocycles. The van der Waals surface area contributed by atoms with Gasteiger partial charge in [0.1, 0.15) is 0 Å². The van der Waals surface area contributed by atoms with E-state index in [1.165, 1.54) is 0 Å². The summed E-state index contributed by atoms with van der Waals surface area (Å²) >= 11 is 0. The maximum Gasteiger partial charge on any atom is 0.223 e. The van der Waals surface area contributed by atoms with Gasteiger partial charge in [-0.15, -0.1) is 0 Å². The van der Waals surface area contributed by atoms with Crippen LogP contribution >= 0.6 is 0 Å². The van der Waals surface area contributed by atoms with Crippen molar-refractivity contribution in [2.75, 3.05) is 50.0 Å². The SMILES string of the molecule is CN1CCN(c2nccn3c(-c4ccnc(NC(CN)c5ccccc5)n4)cnc23)CC1. The Bertz CT molecular complexity index is 1180. The molecule has 0 amide bonds. The molecule has 9 nitrogen and oxygen atoms in total. The lowest BCUT2D eigenvalue weighted by Crippen LogP contribution is -2.45. The van der Waals surface area contributed by atoms with Crippen molar-refractivity contribution in [1.29, 1.82) is 0 Å². The number of fused-ring (bicyclic) bond motifs is 1. The average molecular weight is 430 g/mol. The highest BCUT2D eigenvalue weighted by Gasteiger charge is 2.20. The lowest BCUT2D eigenvalue weighted by atomic mass is 10.1. The zero-order valence-electron chi connectivity index (χ0n) is 18.1. The summed E-state index contributed by atoms with van der Waals surface area (Å²) in [4.78, 5) is 23.1. The number of imidazole rings is 1. The fourth-order valence-corrected chi connectivity index (χ4v) is 4.03. The largest absolute Gasteiger partial charge is 0.351 e. The van der Waals surface area contributed by atoms with E-state index in [1.807, 2.05) is 59.4 Å². The Labute approximate surface area is 187 Å². The Morgan fingerprint density at radius 1 is 1.00 bits per heavy atom. The summed E-state index contributed by atoms with van der Waals surface area (Å²) in [7, 11) is 2.15. The summed E-state index contributed by atoms with van der Waals surface area (Å²) in [6, 6.07) is 11.9. The summed E-state index contributed by atoms with van der Waals surface area (Å²) in [6.45, 7) is 4.34. The third-order valence-corrected chi connectivity index (χ3v) is 5.87. The molecule has 1 aromatic carbocycles. The van der Waals surface area contributed by atoms with Crippen molar-refractivity contribution >= 4 is 17.4 Å². The molecule has 1 saturated heterocycles. The molecule has 1 atom stereocenters. The van der Waals surface area contributed by atoms with Gasteiger partial charge in [0.15, 0.2) is 11.5 Å². The zero-order valence-corrected chi connectivity index (χ0v) is 18.1. The van der Waals surface area contributed by atoms with Crippen LogP contribution in [0, 0.1) is 0 Å². The second-order valence-electron chi connectivity index (χ2n) is 7.99. The smallest absolute Gasteiger partial charge is 0.223 e. The van der Waals surface area contributed by atoms with Gasteiger partial charge in [0.2, 0.25) is 5.95 Å². The Hall–Kier alpha value is -3.56. The highest BCUT2D eigenvalue weighted by molar-refractivity contribution is 5.70. The molecule has 3 N–H and O–H groups in total. The van der Waals surface area contributed by atoms with Crippen LogP contribution in [0.2, 0.25) is 0 Å². The van der Waals surface area contributed by atoms with E-state index in [1.54, 1.807) is 6.20 Å². The van der Waals surface area contributed by atoms with E-state index < -0.39 is 0 Å². The Balaban J connectivity index is 1.44. The number of hydrogen-bond donors (Lipinski definition) is 2. The maximum absolute atomic E-state index is 6.01. The van der Waals surface area contributed by atoms with E-state index in [9.17, 15) is 0 Å². The number of hydrogen-bond acceptors (Lipinski definition) is 8. The molecule has 164 valence electrons. The van der Waals surface area contributed by atoms with Gasteiger partial charge in [-0.1, -0.05) is 30.3 Å². The van der Waals surface area contributed by atoms with Crippen LogP contribution in [-0.2, 0) is 0 Å². The molecule has 9 heteroatoms. The Kier molecular flexibility index (Phi) is 5.66. The van der Waals surface area contributed by atoms with Crippen molar-refractivity contribution in [2.45, 2.75) is 6.04 Å². The number of anilines is 2. The van der Waals surface area contributed by atoms with Gasteiger partial charge in [0, 0.05) is 51.3 Å². The quantitative estimate of drug-likeness (QED) is 0.480. The van der Waals surface area contributed by atoms with Crippen molar-refractivity contribution in [1.82, 2.24) is 29.2 Å². The molecule has 5 rings (SSSR count). The third-order valence-electron chi connectivity index (χ3n) is 5.87. The summed E-state index contributed by atoms with van der Waals surface area (Å²) in [5.41, 5.74) is 9.63. The first kappa shape index (κ1) is 20.3. The minimum atomic E-state index is -0.0679. The first-order chi connectivity index (χ1) is 15.7. The van der Waals surface area contributed by atoms with Crippen molar-refractivity contribution in [3.8, 4) is 11.4 Å². The number of nitrogens with zero attached hydrogens (tertiary/aromatic N) is 7. The molecular formula is C23H27N9. The molecule has 1 unspecified atom stereocenters. The van der Waals surface area contributed by atoms with Gasteiger partial charge in [-0.05, 0) is 18.7 Å². The molecule has 4 heterocycles. The Morgan fingerprint density at radius 3 is 2.59 bits per heavy atom. The molecule has 0 spiro atoms. The van der Waals surface area contributed by atoms with Crippen LogP contribution in [-0.4, -0.2) is 69.0 Å². The fraction of sp³-hybridized carbons (Fsp3) is 0.304. The second-order valence-corrected chi connectivity index (χ2v) is 7.99. The number of piperazine rings is 1. The second kappa shape index (κ2) is 8.89. The van der Waals surface area contributed by atoms with Gasteiger partial charge in [-0.3, -0.25) is 4.40 Å². The lowest BCUT2D eigenvalue weighted by Gasteiger charge is -2.33. The van der Waals surface area contributed by atoms with Crippen LogP contribution in [0.15, 0.2) is 61.2 Å². The molecule has 1 fully saturated rings. The molecule has 0 radical (unpaired) electrons. The number of nitrogens with two attached hydrogens (primary N) is 1. The van der Waals surface area contributed by atoms with Crippen LogP contribution in [0.4, 0.5) is 11.8 Å². The minimum Gasteiger partial charge on any atom is -0.351 e. The first-order valence-corrected chi connectivity index (χ1v) is 10.8. The molecular weight excluding hydrogens is 402 g/mol. The number of likely N-dealkylation sites (N-methyl/N-ethyl adjacent to an activating group) is 1.